The van der Waals surface area contributed by atoms with Crippen molar-refractivity contribution in [2.45, 2.75) is 57.7 Å². The van der Waals surface area contributed by atoms with Gasteiger partial charge in [0.1, 0.15) is 0 Å². The van der Waals surface area contributed by atoms with Gasteiger partial charge in [-0.1, -0.05) is 57.5 Å². The molecular formula is C17H29NO2S. The van der Waals surface area contributed by atoms with Crippen LogP contribution < -0.4 is 5.32 Å². The van der Waals surface area contributed by atoms with Crippen LogP contribution in [-0.4, -0.2) is 26.0 Å². The topological polar surface area (TPSA) is 46.2 Å². The third kappa shape index (κ3) is 5.44. The van der Waals surface area contributed by atoms with E-state index in [-0.39, 0.29) is 11.3 Å². The van der Waals surface area contributed by atoms with Crippen molar-refractivity contribution in [3.05, 3.63) is 35.9 Å². The minimum absolute atomic E-state index is 0.113. The molecule has 1 aromatic carbocycles. The molecule has 3 nitrogen and oxygen atoms in total. The highest BCUT2D eigenvalue weighted by molar-refractivity contribution is 7.92. The second kappa shape index (κ2) is 9.21. The molecule has 0 amide bonds. The van der Waals surface area contributed by atoms with Crippen molar-refractivity contribution in [1.29, 1.82) is 0 Å². The van der Waals surface area contributed by atoms with Gasteiger partial charge in [-0.25, -0.2) is 8.42 Å². The number of nitrogens with one attached hydrogen (secondary N) is 1. The van der Waals surface area contributed by atoms with Crippen molar-refractivity contribution in [2.24, 2.45) is 0 Å². The first kappa shape index (κ1) is 18.2. The molecule has 2 unspecified atom stereocenters. The van der Waals surface area contributed by atoms with E-state index >= 15 is 0 Å². The number of benzene rings is 1. The van der Waals surface area contributed by atoms with E-state index < -0.39 is 9.84 Å². The lowest BCUT2D eigenvalue weighted by Crippen LogP contribution is -2.38. The van der Waals surface area contributed by atoms with Gasteiger partial charge >= 0.3 is 0 Å². The van der Waals surface area contributed by atoms with Crippen molar-refractivity contribution in [2.75, 3.05) is 12.3 Å². The zero-order valence-electron chi connectivity index (χ0n) is 13.5. The van der Waals surface area contributed by atoms with E-state index in [2.05, 4.69) is 12.2 Å². The van der Waals surface area contributed by atoms with E-state index in [9.17, 15) is 8.42 Å². The lowest BCUT2D eigenvalue weighted by atomic mass is 10.0. The Kier molecular flexibility index (Phi) is 7.97. The van der Waals surface area contributed by atoms with E-state index in [1.165, 1.54) is 0 Å². The quantitative estimate of drug-likeness (QED) is 0.716. The van der Waals surface area contributed by atoms with Gasteiger partial charge in [0.15, 0.2) is 9.84 Å². The fourth-order valence-corrected chi connectivity index (χ4v) is 4.79. The number of rotatable bonds is 10. The summed E-state index contributed by atoms with van der Waals surface area (Å²) in [6.07, 6.45) is 3.29. The molecule has 1 aromatic rings. The van der Waals surface area contributed by atoms with Crippen LogP contribution in [0.15, 0.2) is 30.3 Å². The molecule has 0 heterocycles. The van der Waals surface area contributed by atoms with Crippen molar-refractivity contribution >= 4 is 9.84 Å². The molecule has 120 valence electrons. The third-order valence-corrected chi connectivity index (χ3v) is 6.18. The second-order valence-electron chi connectivity index (χ2n) is 5.51. The summed E-state index contributed by atoms with van der Waals surface area (Å²) in [6, 6.07) is 9.84. The smallest absolute Gasteiger partial charge is 0.155 e. The van der Waals surface area contributed by atoms with Gasteiger partial charge in [-0.15, -0.1) is 0 Å². The molecule has 0 spiro atoms. The molecule has 0 fully saturated rings. The Bertz CT molecular complexity index is 485. The summed E-state index contributed by atoms with van der Waals surface area (Å²) >= 11 is 0. The molecule has 0 aliphatic rings. The molecule has 0 bridgehead atoms. The van der Waals surface area contributed by atoms with Crippen LogP contribution in [-0.2, 0) is 9.84 Å². The zero-order valence-corrected chi connectivity index (χ0v) is 14.3. The van der Waals surface area contributed by atoms with Gasteiger partial charge in [-0.2, -0.15) is 0 Å². The average Bonchev–Trinajstić information content (AvgIpc) is 2.50. The van der Waals surface area contributed by atoms with Crippen molar-refractivity contribution < 1.29 is 8.42 Å². The van der Waals surface area contributed by atoms with Gasteiger partial charge in [0.2, 0.25) is 0 Å². The zero-order chi connectivity index (χ0) is 15.7. The summed E-state index contributed by atoms with van der Waals surface area (Å²) in [6.45, 7) is 6.93. The lowest BCUT2D eigenvalue weighted by Gasteiger charge is -2.28. The fraction of sp³-hybridized carbons (Fsp3) is 0.647. The highest BCUT2D eigenvalue weighted by atomic mass is 32.2. The van der Waals surface area contributed by atoms with Crippen LogP contribution in [0.4, 0.5) is 0 Å². The molecule has 0 aromatic heterocycles. The predicted octanol–water partition coefficient (Wildman–Crippen LogP) is 3.72. The second-order valence-corrected chi connectivity index (χ2v) is 7.85. The lowest BCUT2D eigenvalue weighted by molar-refractivity contribution is 0.475. The molecule has 1 N–H and O–H groups in total. The Labute approximate surface area is 130 Å². The fourth-order valence-electron chi connectivity index (χ4n) is 2.62. The minimum Gasteiger partial charge on any atom is -0.309 e. The first-order chi connectivity index (χ1) is 10.1. The van der Waals surface area contributed by atoms with Gasteiger partial charge in [0.25, 0.3) is 0 Å². The predicted molar refractivity (Wildman–Crippen MR) is 90.3 cm³/mol. The van der Waals surface area contributed by atoms with E-state index in [0.717, 1.165) is 31.4 Å². The van der Waals surface area contributed by atoms with E-state index in [4.69, 9.17) is 0 Å². The highest BCUT2D eigenvalue weighted by Crippen LogP contribution is 2.26. The molecule has 0 radical (unpaired) electrons. The van der Waals surface area contributed by atoms with Crippen LogP contribution in [0, 0.1) is 0 Å². The summed E-state index contributed by atoms with van der Waals surface area (Å²) in [7, 11) is -3.07. The molecule has 0 aliphatic carbocycles. The number of unbranched alkanes of at least 4 members (excludes halogenated alkanes) is 1. The summed E-state index contributed by atoms with van der Waals surface area (Å²) in [5, 5.41) is 3.09. The standard InChI is InChI=1S/C17H29NO2S/c1-4-7-14-21(19,20)16(6-3)17(18-13-5-2)15-11-9-8-10-12-15/h8-12,16-18H,4-7,13-14H2,1-3H3. The Morgan fingerprint density at radius 2 is 1.71 bits per heavy atom. The average molecular weight is 311 g/mol. The molecule has 0 saturated carbocycles. The van der Waals surface area contributed by atoms with Crippen molar-refractivity contribution in [3.63, 3.8) is 0 Å². The molecule has 0 aliphatic heterocycles. The SMILES string of the molecule is CCCCS(=O)(=O)C(CC)C(NCCC)c1ccccc1. The molecular weight excluding hydrogens is 282 g/mol. The number of hydrogen-bond acceptors (Lipinski definition) is 3. The molecule has 21 heavy (non-hydrogen) atoms. The Morgan fingerprint density at radius 1 is 1.05 bits per heavy atom. The minimum atomic E-state index is -3.07. The normalized spacial score (nSPS) is 14.8. The number of hydrogen-bond donors (Lipinski definition) is 1. The van der Waals surface area contributed by atoms with Gasteiger partial charge in [-0.05, 0) is 31.4 Å². The Hall–Kier alpha value is -0.870. The largest absolute Gasteiger partial charge is 0.309 e. The van der Waals surface area contributed by atoms with Crippen molar-refractivity contribution in [1.82, 2.24) is 5.32 Å². The van der Waals surface area contributed by atoms with Gasteiger partial charge in [-0.3, -0.25) is 0 Å². The van der Waals surface area contributed by atoms with E-state index in [0.29, 0.717) is 12.2 Å². The first-order valence-electron chi connectivity index (χ1n) is 8.06. The monoisotopic (exact) mass is 311 g/mol. The summed E-state index contributed by atoms with van der Waals surface area (Å²) in [4.78, 5) is 0. The van der Waals surface area contributed by atoms with Crippen LogP contribution in [0.3, 0.4) is 0 Å². The van der Waals surface area contributed by atoms with Crippen LogP contribution in [0.2, 0.25) is 0 Å². The van der Waals surface area contributed by atoms with Gasteiger partial charge < -0.3 is 5.32 Å². The van der Waals surface area contributed by atoms with Gasteiger partial charge in [0.05, 0.1) is 11.0 Å². The van der Waals surface area contributed by atoms with Crippen LogP contribution in [0.5, 0.6) is 0 Å². The summed E-state index contributed by atoms with van der Waals surface area (Å²) in [5.74, 6) is 0.291. The molecule has 1 rings (SSSR count). The van der Waals surface area contributed by atoms with Crippen molar-refractivity contribution in [3.8, 4) is 0 Å². The summed E-state index contributed by atoms with van der Waals surface area (Å²) < 4.78 is 25.3. The molecule has 2 atom stereocenters. The third-order valence-electron chi connectivity index (χ3n) is 3.79. The maximum Gasteiger partial charge on any atom is 0.155 e. The van der Waals surface area contributed by atoms with Crippen LogP contribution in [0.25, 0.3) is 0 Å². The van der Waals surface area contributed by atoms with E-state index in [1.54, 1.807) is 0 Å². The Balaban J connectivity index is 3.03. The van der Waals surface area contributed by atoms with E-state index in [1.807, 2.05) is 44.2 Å². The summed E-state index contributed by atoms with van der Waals surface area (Å²) in [5.41, 5.74) is 1.07. The Morgan fingerprint density at radius 3 is 2.24 bits per heavy atom. The molecule has 4 heteroatoms. The number of sulfone groups is 1. The first-order valence-corrected chi connectivity index (χ1v) is 9.78. The van der Waals surface area contributed by atoms with Crippen LogP contribution >= 0.6 is 0 Å². The van der Waals surface area contributed by atoms with Crippen LogP contribution in [0.1, 0.15) is 58.1 Å². The highest BCUT2D eigenvalue weighted by Gasteiger charge is 2.32. The molecule has 0 saturated heterocycles. The maximum absolute atomic E-state index is 12.7. The maximum atomic E-state index is 12.7. The van der Waals surface area contributed by atoms with Gasteiger partial charge in [0, 0.05) is 6.04 Å².